The molecule has 60 valence electrons. The molecule has 1 heterocycles. The van der Waals surface area contributed by atoms with Crippen LogP contribution in [0.15, 0.2) is 0 Å². The Bertz CT molecular complexity index is 198. The van der Waals surface area contributed by atoms with Crippen molar-refractivity contribution >= 4 is 12.2 Å². The molecule has 0 aromatic rings. The van der Waals surface area contributed by atoms with Gasteiger partial charge in [-0.1, -0.05) is 0 Å². The van der Waals surface area contributed by atoms with E-state index in [0.717, 1.165) is 19.1 Å². The fraction of sp³-hybridized carbons (Fsp3) is 0.750. The maximum atomic E-state index is 11.2. The summed E-state index contributed by atoms with van der Waals surface area (Å²) in [6, 6.07) is 0.479. The summed E-state index contributed by atoms with van der Waals surface area (Å²) in [6.07, 6.45) is 3.62. The van der Waals surface area contributed by atoms with Gasteiger partial charge >= 0.3 is 0 Å². The Hall–Kier alpha value is -0.860. The summed E-state index contributed by atoms with van der Waals surface area (Å²) in [6.45, 7) is 0.674. The third-order valence-electron chi connectivity index (χ3n) is 2.37. The van der Waals surface area contributed by atoms with Crippen LogP contribution in [0.2, 0.25) is 0 Å². The Morgan fingerprint density at radius 2 is 2.18 bits per heavy atom. The Kier molecular flexibility index (Phi) is 1.44. The van der Waals surface area contributed by atoms with Crippen LogP contribution in [-0.4, -0.2) is 29.7 Å². The highest BCUT2D eigenvalue weighted by molar-refractivity contribution is 5.83. The first-order chi connectivity index (χ1) is 5.31. The molecule has 0 spiro atoms. The normalized spacial score (nSPS) is 31.1. The Morgan fingerprint density at radius 3 is 2.64 bits per heavy atom. The zero-order chi connectivity index (χ0) is 7.84. The molecule has 2 fully saturated rings. The van der Waals surface area contributed by atoms with Crippen molar-refractivity contribution in [3.63, 3.8) is 0 Å². The van der Waals surface area contributed by atoms with Crippen LogP contribution < -0.4 is 0 Å². The molecule has 0 aromatic heterocycles. The molecule has 3 nitrogen and oxygen atoms in total. The number of aldehydes is 1. The van der Waals surface area contributed by atoms with E-state index in [0.29, 0.717) is 19.0 Å². The van der Waals surface area contributed by atoms with Crippen LogP contribution in [0, 0.1) is 5.92 Å². The van der Waals surface area contributed by atoms with Gasteiger partial charge in [0.1, 0.15) is 6.29 Å². The highest BCUT2D eigenvalue weighted by Crippen LogP contribution is 2.31. The Morgan fingerprint density at radius 1 is 1.45 bits per heavy atom. The Balaban J connectivity index is 2.01. The quantitative estimate of drug-likeness (QED) is 0.531. The summed E-state index contributed by atoms with van der Waals surface area (Å²) in [5.41, 5.74) is 0. The maximum Gasteiger partial charge on any atom is 0.223 e. The molecule has 0 aromatic carbocycles. The van der Waals surface area contributed by atoms with Crippen LogP contribution in [0.4, 0.5) is 0 Å². The van der Waals surface area contributed by atoms with Gasteiger partial charge in [-0.3, -0.25) is 4.79 Å². The smallest absolute Gasteiger partial charge is 0.223 e. The molecule has 1 atom stereocenters. The van der Waals surface area contributed by atoms with Gasteiger partial charge in [0.15, 0.2) is 0 Å². The van der Waals surface area contributed by atoms with Crippen LogP contribution in [0.5, 0.6) is 0 Å². The van der Waals surface area contributed by atoms with E-state index in [1.54, 1.807) is 0 Å². The van der Waals surface area contributed by atoms with E-state index >= 15 is 0 Å². The third kappa shape index (κ3) is 1.15. The molecule has 1 amide bonds. The molecule has 11 heavy (non-hydrogen) atoms. The van der Waals surface area contributed by atoms with Gasteiger partial charge < -0.3 is 9.69 Å². The fourth-order valence-corrected chi connectivity index (χ4v) is 1.59. The lowest BCUT2D eigenvalue weighted by atomic mass is 10.1. The highest BCUT2D eigenvalue weighted by Gasteiger charge is 2.38. The summed E-state index contributed by atoms with van der Waals surface area (Å²) in [5.74, 6) is 0.146. The molecule has 1 aliphatic heterocycles. The first-order valence-electron chi connectivity index (χ1n) is 4.06. The van der Waals surface area contributed by atoms with E-state index < -0.39 is 0 Å². The Labute approximate surface area is 65.4 Å². The van der Waals surface area contributed by atoms with Crippen molar-refractivity contribution in [1.29, 1.82) is 0 Å². The van der Waals surface area contributed by atoms with Crippen LogP contribution in [-0.2, 0) is 9.59 Å². The number of likely N-dealkylation sites (tertiary alicyclic amines) is 1. The molecule has 0 bridgehead atoms. The van der Waals surface area contributed by atoms with Crippen LogP contribution in [0.25, 0.3) is 0 Å². The number of nitrogens with zero attached hydrogens (tertiary/aromatic N) is 1. The number of hydrogen-bond donors (Lipinski definition) is 0. The predicted octanol–water partition coefficient (Wildman–Crippen LogP) is 0.196. The van der Waals surface area contributed by atoms with E-state index in [9.17, 15) is 9.59 Å². The topological polar surface area (TPSA) is 37.4 Å². The number of amides is 1. The molecule has 0 unspecified atom stereocenters. The molecular weight excluding hydrogens is 142 g/mol. The molecule has 1 aliphatic carbocycles. The van der Waals surface area contributed by atoms with Crippen molar-refractivity contribution < 1.29 is 9.59 Å². The highest BCUT2D eigenvalue weighted by atomic mass is 16.2. The SMILES string of the molecule is O=C[C@H]1CC(=O)N(C2CC2)C1. The summed E-state index contributed by atoms with van der Waals surface area (Å²) in [5, 5.41) is 0. The summed E-state index contributed by atoms with van der Waals surface area (Å²) < 4.78 is 0. The second-order valence-electron chi connectivity index (χ2n) is 3.38. The largest absolute Gasteiger partial charge is 0.339 e. The zero-order valence-electron chi connectivity index (χ0n) is 6.32. The third-order valence-corrected chi connectivity index (χ3v) is 2.37. The van der Waals surface area contributed by atoms with Crippen molar-refractivity contribution in [2.24, 2.45) is 5.92 Å². The van der Waals surface area contributed by atoms with Crippen LogP contribution in [0.3, 0.4) is 0 Å². The number of hydrogen-bond acceptors (Lipinski definition) is 2. The van der Waals surface area contributed by atoms with E-state index in [1.165, 1.54) is 0 Å². The van der Waals surface area contributed by atoms with Gasteiger partial charge in [-0.2, -0.15) is 0 Å². The molecule has 1 saturated heterocycles. The van der Waals surface area contributed by atoms with Gasteiger partial charge in [0.2, 0.25) is 5.91 Å². The van der Waals surface area contributed by atoms with Gasteiger partial charge in [-0.15, -0.1) is 0 Å². The van der Waals surface area contributed by atoms with E-state index in [1.807, 2.05) is 4.90 Å². The standard InChI is InChI=1S/C8H11NO2/c10-5-6-3-8(11)9(4-6)7-1-2-7/h5-7H,1-4H2/t6-/m0/s1. The van der Waals surface area contributed by atoms with Crippen molar-refractivity contribution in [1.82, 2.24) is 4.90 Å². The van der Waals surface area contributed by atoms with Gasteiger partial charge in [0.05, 0.1) is 0 Å². The van der Waals surface area contributed by atoms with Crippen molar-refractivity contribution in [3.8, 4) is 0 Å². The van der Waals surface area contributed by atoms with Crippen molar-refractivity contribution in [2.75, 3.05) is 6.54 Å². The molecule has 3 heteroatoms. The number of carbonyl (C=O) groups excluding carboxylic acids is 2. The summed E-state index contributed by atoms with van der Waals surface area (Å²) in [4.78, 5) is 23.4. The van der Waals surface area contributed by atoms with E-state index in [-0.39, 0.29) is 11.8 Å². The molecule has 0 N–H and O–H groups in total. The maximum absolute atomic E-state index is 11.2. The molecule has 1 saturated carbocycles. The van der Waals surface area contributed by atoms with Crippen molar-refractivity contribution in [3.05, 3.63) is 0 Å². The summed E-state index contributed by atoms with van der Waals surface area (Å²) in [7, 11) is 0. The lowest BCUT2D eigenvalue weighted by Gasteiger charge is -2.13. The lowest BCUT2D eigenvalue weighted by molar-refractivity contribution is -0.128. The fourth-order valence-electron chi connectivity index (χ4n) is 1.59. The minimum absolute atomic E-state index is 0.0249. The van der Waals surface area contributed by atoms with Gasteiger partial charge in [0.25, 0.3) is 0 Å². The number of carbonyl (C=O) groups is 2. The lowest BCUT2D eigenvalue weighted by Crippen LogP contribution is -2.27. The monoisotopic (exact) mass is 153 g/mol. The van der Waals surface area contributed by atoms with Crippen LogP contribution in [0.1, 0.15) is 19.3 Å². The summed E-state index contributed by atoms with van der Waals surface area (Å²) >= 11 is 0. The zero-order valence-corrected chi connectivity index (χ0v) is 6.32. The minimum Gasteiger partial charge on any atom is -0.339 e. The molecule has 0 radical (unpaired) electrons. The van der Waals surface area contributed by atoms with Gasteiger partial charge in [0, 0.05) is 24.9 Å². The van der Waals surface area contributed by atoms with E-state index in [4.69, 9.17) is 0 Å². The van der Waals surface area contributed by atoms with Crippen LogP contribution >= 0.6 is 0 Å². The number of rotatable bonds is 2. The second kappa shape index (κ2) is 2.32. The average Bonchev–Trinajstić information content (AvgIpc) is 2.76. The van der Waals surface area contributed by atoms with E-state index in [2.05, 4.69) is 0 Å². The van der Waals surface area contributed by atoms with Crippen molar-refractivity contribution in [2.45, 2.75) is 25.3 Å². The van der Waals surface area contributed by atoms with Gasteiger partial charge in [-0.05, 0) is 12.8 Å². The predicted molar refractivity (Wildman–Crippen MR) is 38.9 cm³/mol. The minimum atomic E-state index is -0.0249. The molecule has 2 rings (SSSR count). The first-order valence-corrected chi connectivity index (χ1v) is 4.06. The molecule has 2 aliphatic rings. The average molecular weight is 153 g/mol. The molecular formula is C8H11NO2. The van der Waals surface area contributed by atoms with Gasteiger partial charge in [-0.25, -0.2) is 0 Å². The first kappa shape index (κ1) is 6.83. The second-order valence-corrected chi connectivity index (χ2v) is 3.38.